The van der Waals surface area contributed by atoms with Crippen molar-refractivity contribution in [2.75, 3.05) is 13.2 Å². The Labute approximate surface area is 76.9 Å². The third-order valence-electron chi connectivity index (χ3n) is 2.31. The number of aromatic nitrogens is 3. The van der Waals surface area contributed by atoms with Gasteiger partial charge in [-0.15, -0.1) is 0 Å². The van der Waals surface area contributed by atoms with Gasteiger partial charge in [0, 0.05) is 6.61 Å². The minimum absolute atomic E-state index is 0.329. The lowest BCUT2D eigenvalue weighted by atomic mass is 10.1. The highest BCUT2D eigenvalue weighted by Crippen LogP contribution is 2.18. The summed E-state index contributed by atoms with van der Waals surface area (Å²) in [7, 11) is 0. The molecule has 5 heteroatoms. The Hall–Kier alpha value is -0.940. The molecule has 72 valence electrons. The summed E-state index contributed by atoms with van der Waals surface area (Å²) in [6.45, 7) is 2.04. The molecule has 1 saturated heterocycles. The summed E-state index contributed by atoms with van der Waals surface area (Å²) in [4.78, 5) is 4.08. The van der Waals surface area contributed by atoms with E-state index in [9.17, 15) is 0 Å². The van der Waals surface area contributed by atoms with Gasteiger partial charge in [0.15, 0.2) is 0 Å². The van der Waals surface area contributed by atoms with Crippen molar-refractivity contribution >= 4 is 0 Å². The van der Waals surface area contributed by atoms with Gasteiger partial charge in [0.1, 0.15) is 12.2 Å². The van der Waals surface area contributed by atoms with Crippen molar-refractivity contribution in [3.05, 3.63) is 12.2 Å². The average molecular weight is 182 g/mol. The normalized spacial score (nSPS) is 23.3. The maximum atomic E-state index is 5.54. The van der Waals surface area contributed by atoms with Gasteiger partial charge in [-0.2, -0.15) is 5.10 Å². The highest BCUT2D eigenvalue weighted by molar-refractivity contribution is 4.87. The summed E-state index contributed by atoms with van der Waals surface area (Å²) in [5.74, 6) is 0.843. The van der Waals surface area contributed by atoms with E-state index in [0.717, 1.165) is 31.9 Å². The van der Waals surface area contributed by atoms with Crippen LogP contribution in [0.2, 0.25) is 0 Å². The van der Waals surface area contributed by atoms with Crippen LogP contribution in [0.5, 0.6) is 0 Å². The fraction of sp³-hybridized carbons (Fsp3) is 0.750. The van der Waals surface area contributed by atoms with Gasteiger partial charge in [0.05, 0.1) is 19.2 Å². The Morgan fingerprint density at radius 2 is 2.62 bits per heavy atom. The van der Waals surface area contributed by atoms with E-state index in [1.807, 2.05) is 4.68 Å². The summed E-state index contributed by atoms with van der Waals surface area (Å²) in [6, 6.07) is 0.329. The van der Waals surface area contributed by atoms with E-state index in [1.54, 1.807) is 6.33 Å². The van der Waals surface area contributed by atoms with Crippen LogP contribution in [0, 0.1) is 0 Å². The maximum absolute atomic E-state index is 5.54. The van der Waals surface area contributed by atoms with Crippen molar-refractivity contribution in [2.24, 2.45) is 5.73 Å². The molecule has 13 heavy (non-hydrogen) atoms. The number of nitrogens with two attached hydrogens (primary N) is 1. The Morgan fingerprint density at radius 1 is 1.69 bits per heavy atom. The first kappa shape index (κ1) is 8.65. The van der Waals surface area contributed by atoms with Gasteiger partial charge in [-0.25, -0.2) is 9.67 Å². The summed E-state index contributed by atoms with van der Waals surface area (Å²) < 4.78 is 7.26. The van der Waals surface area contributed by atoms with Gasteiger partial charge >= 0.3 is 0 Å². The summed E-state index contributed by atoms with van der Waals surface area (Å²) in [6.07, 6.45) is 3.75. The molecular weight excluding hydrogens is 168 g/mol. The second-order valence-corrected chi connectivity index (χ2v) is 3.20. The van der Waals surface area contributed by atoms with E-state index in [-0.39, 0.29) is 0 Å². The first-order valence-electron chi connectivity index (χ1n) is 4.58. The lowest BCUT2D eigenvalue weighted by molar-refractivity contribution is 0.0537. The Morgan fingerprint density at radius 3 is 3.31 bits per heavy atom. The van der Waals surface area contributed by atoms with Crippen molar-refractivity contribution in [1.82, 2.24) is 14.8 Å². The van der Waals surface area contributed by atoms with E-state index >= 15 is 0 Å². The van der Waals surface area contributed by atoms with Crippen LogP contribution in [-0.2, 0) is 11.3 Å². The molecule has 5 nitrogen and oxygen atoms in total. The molecular formula is C8H14N4O. The maximum Gasteiger partial charge on any atom is 0.140 e. The molecule has 0 bridgehead atoms. The lowest BCUT2D eigenvalue weighted by Crippen LogP contribution is -2.24. The quantitative estimate of drug-likeness (QED) is 0.703. The van der Waals surface area contributed by atoms with Crippen molar-refractivity contribution in [3.63, 3.8) is 0 Å². The standard InChI is InChI=1S/C8H14N4O/c9-4-8-10-6-11-12(8)7-2-1-3-13-5-7/h6-7H,1-5,9H2. The Kier molecular flexibility index (Phi) is 2.56. The zero-order chi connectivity index (χ0) is 9.10. The largest absolute Gasteiger partial charge is 0.379 e. The van der Waals surface area contributed by atoms with E-state index in [4.69, 9.17) is 10.5 Å². The van der Waals surface area contributed by atoms with Gasteiger partial charge in [0.25, 0.3) is 0 Å². The molecule has 0 saturated carbocycles. The monoisotopic (exact) mass is 182 g/mol. The van der Waals surface area contributed by atoms with Gasteiger partial charge in [-0.3, -0.25) is 0 Å². The molecule has 0 aliphatic carbocycles. The Balaban J connectivity index is 2.13. The molecule has 2 heterocycles. The minimum atomic E-state index is 0.329. The molecule has 1 aliphatic heterocycles. The lowest BCUT2D eigenvalue weighted by Gasteiger charge is -2.23. The van der Waals surface area contributed by atoms with Gasteiger partial charge in [-0.05, 0) is 12.8 Å². The SMILES string of the molecule is NCc1ncnn1C1CCCOC1. The second-order valence-electron chi connectivity index (χ2n) is 3.20. The topological polar surface area (TPSA) is 66.0 Å². The number of hydrogen-bond acceptors (Lipinski definition) is 4. The van der Waals surface area contributed by atoms with E-state index in [2.05, 4.69) is 10.1 Å². The van der Waals surface area contributed by atoms with Crippen LogP contribution < -0.4 is 5.73 Å². The molecule has 2 rings (SSSR count). The number of rotatable bonds is 2. The fourth-order valence-corrected chi connectivity index (χ4v) is 1.64. The van der Waals surface area contributed by atoms with Crippen molar-refractivity contribution in [3.8, 4) is 0 Å². The molecule has 1 aromatic heterocycles. The van der Waals surface area contributed by atoms with Crippen LogP contribution in [0.4, 0.5) is 0 Å². The Bertz CT molecular complexity index is 267. The highest BCUT2D eigenvalue weighted by atomic mass is 16.5. The van der Waals surface area contributed by atoms with Gasteiger partial charge in [0.2, 0.25) is 0 Å². The van der Waals surface area contributed by atoms with Crippen LogP contribution in [-0.4, -0.2) is 28.0 Å². The molecule has 1 aliphatic rings. The van der Waals surface area contributed by atoms with Crippen molar-refractivity contribution in [2.45, 2.75) is 25.4 Å². The number of hydrogen-bond donors (Lipinski definition) is 1. The molecule has 1 atom stereocenters. The van der Waals surface area contributed by atoms with Crippen LogP contribution in [0.25, 0.3) is 0 Å². The molecule has 0 radical (unpaired) electrons. The van der Waals surface area contributed by atoms with Crippen LogP contribution >= 0.6 is 0 Å². The fourth-order valence-electron chi connectivity index (χ4n) is 1.64. The summed E-state index contributed by atoms with van der Waals surface area (Å²) in [5.41, 5.74) is 5.54. The zero-order valence-electron chi connectivity index (χ0n) is 7.52. The van der Waals surface area contributed by atoms with Crippen molar-refractivity contribution < 1.29 is 4.74 Å². The number of nitrogens with zero attached hydrogens (tertiary/aromatic N) is 3. The summed E-state index contributed by atoms with van der Waals surface area (Å²) >= 11 is 0. The molecule has 0 amide bonds. The predicted molar refractivity (Wildman–Crippen MR) is 47.0 cm³/mol. The van der Waals surface area contributed by atoms with E-state index in [0.29, 0.717) is 12.6 Å². The number of ether oxygens (including phenoxy) is 1. The van der Waals surface area contributed by atoms with Gasteiger partial charge in [-0.1, -0.05) is 0 Å². The molecule has 0 spiro atoms. The first-order chi connectivity index (χ1) is 6.42. The van der Waals surface area contributed by atoms with Gasteiger partial charge < -0.3 is 10.5 Å². The molecule has 1 fully saturated rings. The smallest absolute Gasteiger partial charge is 0.140 e. The van der Waals surface area contributed by atoms with Crippen molar-refractivity contribution in [1.29, 1.82) is 0 Å². The summed E-state index contributed by atoms with van der Waals surface area (Å²) in [5, 5.41) is 4.16. The molecule has 2 N–H and O–H groups in total. The predicted octanol–water partition coefficient (Wildman–Crippen LogP) is 0.0883. The first-order valence-corrected chi connectivity index (χ1v) is 4.58. The van der Waals surface area contributed by atoms with E-state index in [1.165, 1.54) is 0 Å². The van der Waals surface area contributed by atoms with E-state index < -0.39 is 0 Å². The van der Waals surface area contributed by atoms with Crippen LogP contribution in [0.15, 0.2) is 6.33 Å². The zero-order valence-corrected chi connectivity index (χ0v) is 7.52. The third-order valence-corrected chi connectivity index (χ3v) is 2.31. The second kappa shape index (κ2) is 3.85. The average Bonchev–Trinajstić information content (AvgIpc) is 2.67. The highest BCUT2D eigenvalue weighted by Gasteiger charge is 2.18. The van der Waals surface area contributed by atoms with Crippen LogP contribution in [0.3, 0.4) is 0 Å². The molecule has 1 aromatic rings. The van der Waals surface area contributed by atoms with Crippen LogP contribution in [0.1, 0.15) is 24.7 Å². The minimum Gasteiger partial charge on any atom is -0.379 e. The molecule has 1 unspecified atom stereocenters. The molecule has 0 aromatic carbocycles. The third kappa shape index (κ3) is 1.71.